The molecule has 10 heteroatoms. The first-order valence-electron chi connectivity index (χ1n) is 12.9. The minimum absolute atomic E-state index is 0.0145. The summed E-state index contributed by atoms with van der Waals surface area (Å²) < 4.78 is 58.1. The number of ether oxygens (including phenoxy) is 2. The molecule has 7 nitrogen and oxygen atoms in total. The van der Waals surface area contributed by atoms with Crippen molar-refractivity contribution >= 4 is 11.8 Å². The highest BCUT2D eigenvalue weighted by atomic mass is 19.4. The van der Waals surface area contributed by atoms with Gasteiger partial charge in [-0.3, -0.25) is 0 Å². The number of hydrogen-bond acceptors (Lipinski definition) is 7. The van der Waals surface area contributed by atoms with Crippen LogP contribution in [0.5, 0.6) is 0 Å². The number of carbonyl (C=O) groups is 1. The number of methoxy groups -OCH3 is 1. The van der Waals surface area contributed by atoms with Crippen molar-refractivity contribution < 1.29 is 32.0 Å². The van der Waals surface area contributed by atoms with Gasteiger partial charge < -0.3 is 18.9 Å². The summed E-state index contributed by atoms with van der Waals surface area (Å²) >= 11 is 0. The van der Waals surface area contributed by atoms with Crippen LogP contribution in [-0.4, -0.2) is 41.4 Å². The van der Waals surface area contributed by atoms with Crippen LogP contribution in [0.4, 0.5) is 19.0 Å². The van der Waals surface area contributed by atoms with E-state index in [1.165, 1.54) is 19.2 Å². The number of halogens is 3. The third-order valence-corrected chi connectivity index (χ3v) is 7.84. The van der Waals surface area contributed by atoms with Crippen molar-refractivity contribution in [2.24, 2.45) is 0 Å². The van der Waals surface area contributed by atoms with Crippen molar-refractivity contribution in [3.05, 3.63) is 65.0 Å². The Hall–Kier alpha value is -3.40. The number of benzene rings is 1. The summed E-state index contributed by atoms with van der Waals surface area (Å²) in [4.78, 5) is 18.8. The first-order chi connectivity index (χ1) is 18.3. The molecule has 1 aliphatic carbocycles. The monoisotopic (exact) mass is 527 g/mol. The van der Waals surface area contributed by atoms with Gasteiger partial charge in [0.05, 0.1) is 30.9 Å². The predicted molar refractivity (Wildman–Crippen MR) is 132 cm³/mol. The Labute approximate surface area is 217 Å². The molecule has 2 aromatic heterocycles. The Bertz CT molecular complexity index is 1320. The van der Waals surface area contributed by atoms with E-state index in [0.717, 1.165) is 50.4 Å². The lowest BCUT2D eigenvalue weighted by atomic mass is 9.98. The zero-order valence-corrected chi connectivity index (χ0v) is 20.9. The fraction of sp³-hybridized carbons (Fsp3) is 0.464. The van der Waals surface area contributed by atoms with Crippen LogP contribution in [0.3, 0.4) is 0 Å². The SMILES string of the molecule is COC(=O)c1ccnc(N2C3CC[C@H]2CC(OCc2c(-c4ccccc4C(F)(F)F)noc2C2CC2)C3)c1. The van der Waals surface area contributed by atoms with Crippen LogP contribution in [0, 0.1) is 0 Å². The minimum Gasteiger partial charge on any atom is -0.465 e. The normalized spacial score (nSPS) is 23.1. The molecule has 200 valence electrons. The Morgan fingerprint density at radius 2 is 1.84 bits per heavy atom. The van der Waals surface area contributed by atoms with Gasteiger partial charge in [0.2, 0.25) is 0 Å². The van der Waals surface area contributed by atoms with Crippen molar-refractivity contribution in [1.82, 2.24) is 10.1 Å². The molecule has 3 atom stereocenters. The number of carbonyl (C=O) groups excluding carboxylic acids is 1. The molecule has 3 fully saturated rings. The van der Waals surface area contributed by atoms with Crippen LogP contribution in [0.25, 0.3) is 11.3 Å². The molecule has 0 radical (unpaired) electrons. The maximum atomic E-state index is 13.8. The van der Waals surface area contributed by atoms with Crippen LogP contribution in [-0.2, 0) is 22.3 Å². The Balaban J connectivity index is 1.21. The van der Waals surface area contributed by atoms with Gasteiger partial charge in [-0.05, 0) is 56.7 Å². The van der Waals surface area contributed by atoms with Gasteiger partial charge in [0.15, 0.2) is 0 Å². The van der Waals surface area contributed by atoms with Crippen LogP contribution in [0.15, 0.2) is 47.1 Å². The van der Waals surface area contributed by atoms with E-state index >= 15 is 0 Å². The molecule has 38 heavy (non-hydrogen) atoms. The summed E-state index contributed by atoms with van der Waals surface area (Å²) in [6.45, 7) is 0.150. The third kappa shape index (κ3) is 4.66. The first kappa shape index (κ1) is 24.9. The van der Waals surface area contributed by atoms with Gasteiger partial charge in [-0.25, -0.2) is 9.78 Å². The number of pyridine rings is 1. The van der Waals surface area contributed by atoms with E-state index in [1.807, 2.05) is 0 Å². The van der Waals surface area contributed by atoms with Gasteiger partial charge in [-0.15, -0.1) is 0 Å². The Morgan fingerprint density at radius 1 is 1.11 bits per heavy atom. The van der Waals surface area contributed by atoms with Gasteiger partial charge in [-0.2, -0.15) is 13.2 Å². The van der Waals surface area contributed by atoms with Crippen molar-refractivity contribution in [2.75, 3.05) is 12.0 Å². The predicted octanol–water partition coefficient (Wildman–Crippen LogP) is 6.14. The standard InChI is InChI=1S/C28H28F3N3O4/c1-36-27(35)17-10-11-32-24(12-17)34-18-8-9-19(34)14-20(13-18)37-15-22-25(33-38-26(22)16-6-7-16)21-4-2-3-5-23(21)28(29,30)31/h2-5,10-12,16,18-20H,6-9,13-15H2,1H3/t18-,19?,20?/m0/s1. The van der Waals surface area contributed by atoms with Crippen molar-refractivity contribution in [3.63, 3.8) is 0 Å². The van der Waals surface area contributed by atoms with Crippen molar-refractivity contribution in [1.29, 1.82) is 0 Å². The molecule has 2 unspecified atom stereocenters. The van der Waals surface area contributed by atoms with Gasteiger partial charge in [-0.1, -0.05) is 23.4 Å². The summed E-state index contributed by atoms with van der Waals surface area (Å²) in [5, 5.41) is 4.10. The second-order valence-electron chi connectivity index (χ2n) is 10.3. The number of aromatic nitrogens is 2. The van der Waals surface area contributed by atoms with Gasteiger partial charge in [0.1, 0.15) is 17.3 Å². The molecular formula is C28H28F3N3O4. The van der Waals surface area contributed by atoms with E-state index in [1.54, 1.807) is 24.4 Å². The van der Waals surface area contributed by atoms with E-state index < -0.39 is 17.7 Å². The Morgan fingerprint density at radius 3 is 2.53 bits per heavy atom. The molecule has 4 heterocycles. The lowest BCUT2D eigenvalue weighted by Gasteiger charge is -2.39. The lowest BCUT2D eigenvalue weighted by Crippen LogP contribution is -2.46. The highest BCUT2D eigenvalue weighted by Gasteiger charge is 2.43. The Kier molecular flexibility index (Phi) is 6.37. The summed E-state index contributed by atoms with van der Waals surface area (Å²) in [6.07, 6.45) is 2.43. The van der Waals surface area contributed by atoms with Crippen LogP contribution in [0.1, 0.15) is 71.7 Å². The minimum atomic E-state index is -4.50. The van der Waals surface area contributed by atoms with Crippen LogP contribution < -0.4 is 4.90 Å². The summed E-state index contributed by atoms with van der Waals surface area (Å²) in [6, 6.07) is 9.28. The van der Waals surface area contributed by atoms with Gasteiger partial charge in [0.25, 0.3) is 0 Å². The number of piperidine rings is 1. The number of rotatable bonds is 7. The second-order valence-corrected chi connectivity index (χ2v) is 10.3. The maximum absolute atomic E-state index is 13.8. The molecular weight excluding hydrogens is 499 g/mol. The van der Waals surface area contributed by atoms with Crippen molar-refractivity contribution in [3.8, 4) is 11.3 Å². The van der Waals surface area contributed by atoms with Crippen molar-refractivity contribution in [2.45, 2.75) is 75.4 Å². The lowest BCUT2D eigenvalue weighted by molar-refractivity contribution is -0.137. The number of esters is 1. The molecule has 2 aliphatic heterocycles. The zero-order valence-electron chi connectivity index (χ0n) is 20.9. The van der Waals surface area contributed by atoms with E-state index in [2.05, 4.69) is 15.0 Å². The van der Waals surface area contributed by atoms with E-state index in [4.69, 9.17) is 14.0 Å². The largest absolute Gasteiger partial charge is 0.465 e. The number of hydrogen-bond donors (Lipinski definition) is 0. The van der Waals surface area contributed by atoms with Gasteiger partial charge in [0, 0.05) is 35.3 Å². The molecule has 1 aromatic carbocycles. The van der Waals surface area contributed by atoms with Crippen LogP contribution >= 0.6 is 0 Å². The number of alkyl halides is 3. The number of fused-ring (bicyclic) bond motifs is 2. The zero-order chi connectivity index (χ0) is 26.4. The molecule has 3 aliphatic rings. The molecule has 2 bridgehead atoms. The number of nitrogens with zero attached hydrogens (tertiary/aromatic N) is 3. The quantitative estimate of drug-likeness (QED) is 0.342. The van der Waals surface area contributed by atoms with E-state index in [-0.39, 0.29) is 42.0 Å². The highest BCUT2D eigenvalue weighted by molar-refractivity contribution is 5.90. The van der Waals surface area contributed by atoms with Gasteiger partial charge >= 0.3 is 12.1 Å². The summed E-state index contributed by atoms with van der Waals surface area (Å²) in [5.41, 5.74) is 0.572. The summed E-state index contributed by atoms with van der Waals surface area (Å²) in [7, 11) is 1.35. The molecule has 2 saturated heterocycles. The topological polar surface area (TPSA) is 77.7 Å². The average molecular weight is 528 g/mol. The molecule has 0 spiro atoms. The highest BCUT2D eigenvalue weighted by Crippen LogP contribution is 2.46. The molecule has 0 amide bonds. The molecule has 3 aromatic rings. The fourth-order valence-corrected chi connectivity index (χ4v) is 5.92. The molecule has 6 rings (SSSR count). The first-order valence-corrected chi connectivity index (χ1v) is 12.9. The second kappa shape index (κ2) is 9.72. The average Bonchev–Trinajstić information content (AvgIpc) is 3.62. The smallest absolute Gasteiger partial charge is 0.417 e. The third-order valence-electron chi connectivity index (χ3n) is 7.84. The fourth-order valence-electron chi connectivity index (χ4n) is 5.92. The maximum Gasteiger partial charge on any atom is 0.417 e. The van der Waals surface area contributed by atoms with E-state index in [9.17, 15) is 18.0 Å². The van der Waals surface area contributed by atoms with Crippen LogP contribution in [0.2, 0.25) is 0 Å². The molecule has 0 N–H and O–H groups in total. The van der Waals surface area contributed by atoms with E-state index in [0.29, 0.717) is 16.9 Å². The molecule has 1 saturated carbocycles. The number of anilines is 1. The summed E-state index contributed by atoms with van der Waals surface area (Å²) in [5.74, 6) is 1.17.